The van der Waals surface area contributed by atoms with Gasteiger partial charge < -0.3 is 5.11 Å². The van der Waals surface area contributed by atoms with Crippen LogP contribution < -0.4 is 0 Å². The van der Waals surface area contributed by atoms with E-state index in [0.29, 0.717) is 6.54 Å². The molecule has 0 aromatic heterocycles. The molecule has 3 nitrogen and oxygen atoms in total. The molecule has 0 radical (unpaired) electrons. The van der Waals surface area contributed by atoms with Crippen LogP contribution in [0.4, 0.5) is 4.39 Å². The van der Waals surface area contributed by atoms with E-state index < -0.39 is 11.8 Å². The van der Waals surface area contributed by atoms with Crippen LogP contribution in [0, 0.1) is 19.7 Å². The van der Waals surface area contributed by atoms with E-state index >= 15 is 0 Å². The van der Waals surface area contributed by atoms with Gasteiger partial charge in [-0.3, -0.25) is 4.90 Å². The van der Waals surface area contributed by atoms with E-state index in [-0.39, 0.29) is 5.56 Å². The standard InChI is InChI=1S/C21H22FNO2/c1-14-4-3-5-18(15(14)2)17-8-10-23(11-9-17)13-16-6-7-19(21(24)25)20(22)12-16/h3-8,12H,9-11,13H2,1-2H3,(H,24,25). The SMILES string of the molecule is Cc1cccc(C2=CCN(Cc3ccc(C(=O)O)c(F)c3)CC2)c1C. The number of carboxylic acids is 1. The minimum Gasteiger partial charge on any atom is -0.478 e. The van der Waals surface area contributed by atoms with Gasteiger partial charge in [0.15, 0.2) is 0 Å². The summed E-state index contributed by atoms with van der Waals surface area (Å²) in [4.78, 5) is 13.1. The zero-order valence-corrected chi connectivity index (χ0v) is 14.6. The maximum Gasteiger partial charge on any atom is 0.338 e. The summed E-state index contributed by atoms with van der Waals surface area (Å²) >= 11 is 0. The van der Waals surface area contributed by atoms with Crippen molar-refractivity contribution in [3.8, 4) is 0 Å². The largest absolute Gasteiger partial charge is 0.478 e. The minimum absolute atomic E-state index is 0.278. The smallest absolute Gasteiger partial charge is 0.338 e. The van der Waals surface area contributed by atoms with Crippen molar-refractivity contribution in [2.24, 2.45) is 0 Å². The topological polar surface area (TPSA) is 40.5 Å². The molecule has 0 saturated carbocycles. The first-order valence-corrected chi connectivity index (χ1v) is 8.45. The first-order valence-electron chi connectivity index (χ1n) is 8.45. The van der Waals surface area contributed by atoms with Gasteiger partial charge in [0.2, 0.25) is 0 Å². The monoisotopic (exact) mass is 339 g/mol. The predicted molar refractivity (Wildman–Crippen MR) is 97.1 cm³/mol. The number of aryl methyl sites for hydroxylation is 1. The van der Waals surface area contributed by atoms with Crippen molar-refractivity contribution in [2.45, 2.75) is 26.8 Å². The highest BCUT2D eigenvalue weighted by Gasteiger charge is 2.16. The van der Waals surface area contributed by atoms with E-state index in [1.54, 1.807) is 6.07 Å². The highest BCUT2D eigenvalue weighted by atomic mass is 19.1. The molecule has 0 bridgehead atoms. The van der Waals surface area contributed by atoms with E-state index in [1.165, 1.54) is 34.4 Å². The number of halogens is 1. The highest BCUT2D eigenvalue weighted by molar-refractivity contribution is 5.87. The molecule has 2 aromatic rings. The Bertz CT molecular complexity index is 842. The van der Waals surface area contributed by atoms with Crippen LogP contribution in [-0.4, -0.2) is 29.1 Å². The summed E-state index contributed by atoms with van der Waals surface area (Å²) in [5, 5.41) is 8.90. The van der Waals surface area contributed by atoms with Crippen LogP contribution in [0.25, 0.3) is 5.57 Å². The predicted octanol–water partition coefficient (Wildman–Crippen LogP) is 4.43. The van der Waals surface area contributed by atoms with Gasteiger partial charge in [0.25, 0.3) is 0 Å². The third kappa shape index (κ3) is 3.80. The second-order valence-corrected chi connectivity index (χ2v) is 6.58. The second-order valence-electron chi connectivity index (χ2n) is 6.58. The number of hydrogen-bond acceptors (Lipinski definition) is 2. The van der Waals surface area contributed by atoms with Gasteiger partial charge in [-0.15, -0.1) is 0 Å². The number of aromatic carboxylic acids is 1. The normalized spacial score (nSPS) is 15.1. The zero-order chi connectivity index (χ0) is 18.0. The van der Waals surface area contributed by atoms with Crippen LogP contribution in [0.2, 0.25) is 0 Å². The third-order valence-corrected chi connectivity index (χ3v) is 4.91. The first kappa shape index (κ1) is 17.4. The van der Waals surface area contributed by atoms with E-state index in [1.807, 2.05) is 0 Å². The van der Waals surface area contributed by atoms with Crippen molar-refractivity contribution >= 4 is 11.5 Å². The molecule has 0 atom stereocenters. The van der Waals surface area contributed by atoms with Gasteiger partial charge in [-0.25, -0.2) is 9.18 Å². The molecule has 1 aliphatic heterocycles. The molecule has 3 rings (SSSR count). The maximum absolute atomic E-state index is 13.8. The van der Waals surface area contributed by atoms with Crippen LogP contribution in [0.5, 0.6) is 0 Å². The molecule has 0 fully saturated rings. The molecule has 1 heterocycles. The van der Waals surface area contributed by atoms with E-state index in [0.717, 1.165) is 25.1 Å². The van der Waals surface area contributed by atoms with E-state index in [4.69, 9.17) is 5.11 Å². The molecule has 0 unspecified atom stereocenters. The molecular formula is C21H22FNO2. The lowest BCUT2D eigenvalue weighted by molar-refractivity contribution is 0.0692. The Labute approximate surface area is 147 Å². The molecule has 0 amide bonds. The van der Waals surface area contributed by atoms with Crippen molar-refractivity contribution in [3.63, 3.8) is 0 Å². The Kier molecular flexibility index (Phi) is 5.00. The number of nitrogens with zero attached hydrogens (tertiary/aromatic N) is 1. The van der Waals surface area contributed by atoms with Crippen molar-refractivity contribution in [3.05, 3.63) is 76.1 Å². The summed E-state index contributed by atoms with van der Waals surface area (Å²) in [7, 11) is 0. The van der Waals surface area contributed by atoms with Crippen molar-refractivity contribution < 1.29 is 14.3 Å². The Balaban J connectivity index is 1.70. The third-order valence-electron chi connectivity index (χ3n) is 4.91. The molecule has 25 heavy (non-hydrogen) atoms. The molecule has 130 valence electrons. The average Bonchev–Trinajstić information content (AvgIpc) is 2.58. The zero-order valence-electron chi connectivity index (χ0n) is 14.6. The summed E-state index contributed by atoms with van der Waals surface area (Å²) < 4.78 is 13.8. The quantitative estimate of drug-likeness (QED) is 0.896. The summed E-state index contributed by atoms with van der Waals surface area (Å²) in [6.45, 7) is 6.62. The van der Waals surface area contributed by atoms with E-state index in [2.05, 4.69) is 43.0 Å². The number of rotatable bonds is 4. The van der Waals surface area contributed by atoms with Gasteiger partial charge >= 0.3 is 5.97 Å². The average molecular weight is 339 g/mol. The van der Waals surface area contributed by atoms with Crippen molar-refractivity contribution in [2.75, 3.05) is 13.1 Å². The summed E-state index contributed by atoms with van der Waals surface area (Å²) in [6, 6.07) is 10.8. The number of benzene rings is 2. The molecule has 0 saturated heterocycles. The van der Waals surface area contributed by atoms with Gasteiger partial charge in [0.1, 0.15) is 5.82 Å². The van der Waals surface area contributed by atoms with Crippen LogP contribution in [0.1, 0.15) is 39.0 Å². The Hall–Kier alpha value is -2.46. The molecular weight excluding hydrogens is 317 g/mol. The lowest BCUT2D eigenvalue weighted by Crippen LogP contribution is -2.28. The highest BCUT2D eigenvalue weighted by Crippen LogP contribution is 2.27. The van der Waals surface area contributed by atoms with Gasteiger partial charge in [0, 0.05) is 19.6 Å². The molecule has 0 spiro atoms. The van der Waals surface area contributed by atoms with E-state index in [9.17, 15) is 9.18 Å². The lowest BCUT2D eigenvalue weighted by atomic mass is 9.93. The lowest BCUT2D eigenvalue weighted by Gasteiger charge is -2.27. The number of carboxylic acid groups (broad SMARTS) is 1. The van der Waals surface area contributed by atoms with Gasteiger partial charge in [0.05, 0.1) is 5.56 Å². The molecule has 2 aromatic carbocycles. The van der Waals surface area contributed by atoms with Crippen LogP contribution in [-0.2, 0) is 6.54 Å². The fourth-order valence-electron chi connectivity index (χ4n) is 3.29. The molecule has 1 aliphatic rings. The van der Waals surface area contributed by atoms with Crippen molar-refractivity contribution in [1.29, 1.82) is 0 Å². The first-order chi connectivity index (χ1) is 12.0. The maximum atomic E-state index is 13.8. The van der Waals surface area contributed by atoms with Crippen LogP contribution >= 0.6 is 0 Å². The Morgan fingerprint density at radius 3 is 2.68 bits per heavy atom. The van der Waals surface area contributed by atoms with Gasteiger partial charge in [-0.2, -0.15) is 0 Å². The Morgan fingerprint density at radius 1 is 1.24 bits per heavy atom. The molecule has 0 aliphatic carbocycles. The Morgan fingerprint density at radius 2 is 2.04 bits per heavy atom. The summed E-state index contributed by atoms with van der Waals surface area (Å²) in [5.41, 5.74) is 5.83. The molecule has 1 N–H and O–H groups in total. The van der Waals surface area contributed by atoms with Crippen LogP contribution in [0.3, 0.4) is 0 Å². The summed E-state index contributed by atoms with van der Waals surface area (Å²) in [5.74, 6) is -1.91. The molecule has 4 heteroatoms. The van der Waals surface area contributed by atoms with Gasteiger partial charge in [-0.1, -0.05) is 30.3 Å². The van der Waals surface area contributed by atoms with Gasteiger partial charge in [-0.05, 0) is 60.2 Å². The number of carbonyl (C=O) groups is 1. The minimum atomic E-state index is -1.23. The van der Waals surface area contributed by atoms with Crippen LogP contribution in [0.15, 0.2) is 42.5 Å². The fourth-order valence-corrected chi connectivity index (χ4v) is 3.29. The number of hydrogen-bond donors (Lipinski definition) is 1. The second kappa shape index (κ2) is 7.19. The fraction of sp³-hybridized carbons (Fsp3) is 0.286. The van der Waals surface area contributed by atoms with Crippen molar-refractivity contribution in [1.82, 2.24) is 4.90 Å². The summed E-state index contributed by atoms with van der Waals surface area (Å²) in [6.07, 6.45) is 3.20.